The Labute approximate surface area is 160 Å². The Morgan fingerprint density at radius 3 is 2.38 bits per heavy atom. The number of nitrogens with one attached hydrogen (secondary N) is 2. The third kappa shape index (κ3) is 9.40. The fraction of sp³-hybridized carbons (Fsp3) is 0.632. The highest BCUT2D eigenvalue weighted by atomic mass is 32.2. The zero-order valence-corrected chi connectivity index (χ0v) is 17.6. The molecule has 0 rings (SSSR count). The Hall–Kier alpha value is -1.31. The molecule has 0 spiro atoms. The lowest BCUT2D eigenvalue weighted by atomic mass is 9.98. The number of allylic oxidation sites excluding steroid dienone is 1. The SMILES string of the molecule is C=C[C@](C)(C/C=C(\C)C(=O)NCC/C=C(\CF)OC)N[S+]([O-])C(C)(C)C. The lowest BCUT2D eigenvalue weighted by molar-refractivity contribution is -0.117. The van der Waals surface area contributed by atoms with Crippen molar-refractivity contribution < 1.29 is 18.5 Å². The molecule has 26 heavy (non-hydrogen) atoms. The molecule has 0 aromatic rings. The zero-order chi connectivity index (χ0) is 20.4. The summed E-state index contributed by atoms with van der Waals surface area (Å²) in [5, 5.41) is 2.77. The monoisotopic (exact) mass is 388 g/mol. The molecule has 5 nitrogen and oxygen atoms in total. The van der Waals surface area contributed by atoms with E-state index in [0.717, 1.165) is 0 Å². The van der Waals surface area contributed by atoms with Crippen LogP contribution in [0.2, 0.25) is 0 Å². The summed E-state index contributed by atoms with van der Waals surface area (Å²) >= 11 is -1.24. The van der Waals surface area contributed by atoms with Crippen molar-refractivity contribution in [2.45, 2.75) is 57.7 Å². The first-order valence-corrected chi connectivity index (χ1v) is 9.71. The average Bonchev–Trinajstić information content (AvgIpc) is 2.58. The van der Waals surface area contributed by atoms with Crippen molar-refractivity contribution >= 4 is 17.3 Å². The quantitative estimate of drug-likeness (QED) is 0.187. The first-order chi connectivity index (χ1) is 12.0. The van der Waals surface area contributed by atoms with E-state index in [4.69, 9.17) is 4.74 Å². The Balaban J connectivity index is 4.65. The summed E-state index contributed by atoms with van der Waals surface area (Å²) in [6.45, 7) is 12.8. The number of rotatable bonds is 11. The number of ether oxygens (including phenoxy) is 1. The number of methoxy groups -OCH3 is 1. The molecule has 7 heteroatoms. The maximum absolute atomic E-state index is 12.5. The first kappa shape index (κ1) is 24.7. The summed E-state index contributed by atoms with van der Waals surface area (Å²) in [7, 11) is 1.41. The third-order valence-electron chi connectivity index (χ3n) is 3.72. The fourth-order valence-corrected chi connectivity index (χ4v) is 2.64. The minimum Gasteiger partial charge on any atom is -0.598 e. The molecular weight excluding hydrogens is 355 g/mol. The Kier molecular flexibility index (Phi) is 10.8. The van der Waals surface area contributed by atoms with E-state index >= 15 is 0 Å². The highest BCUT2D eigenvalue weighted by Gasteiger charge is 2.33. The predicted octanol–water partition coefficient (Wildman–Crippen LogP) is 3.33. The van der Waals surface area contributed by atoms with Gasteiger partial charge in [0.15, 0.2) is 0 Å². The smallest absolute Gasteiger partial charge is 0.246 e. The highest BCUT2D eigenvalue weighted by Crippen LogP contribution is 2.21. The Morgan fingerprint density at radius 2 is 1.92 bits per heavy atom. The number of hydrogen-bond acceptors (Lipinski definition) is 4. The Morgan fingerprint density at radius 1 is 1.31 bits per heavy atom. The summed E-state index contributed by atoms with van der Waals surface area (Å²) in [5.74, 6) is 0.0622. The van der Waals surface area contributed by atoms with Crippen molar-refractivity contribution in [3.05, 3.63) is 36.1 Å². The predicted molar refractivity (Wildman–Crippen MR) is 107 cm³/mol. The van der Waals surface area contributed by atoms with Crippen LogP contribution in [0.1, 0.15) is 47.5 Å². The number of halogens is 1. The largest absolute Gasteiger partial charge is 0.598 e. The van der Waals surface area contributed by atoms with E-state index < -0.39 is 28.3 Å². The summed E-state index contributed by atoms with van der Waals surface area (Å²) in [5.41, 5.74) is -0.0282. The number of carbonyl (C=O) groups is 1. The topological polar surface area (TPSA) is 73.4 Å². The van der Waals surface area contributed by atoms with Gasteiger partial charge in [-0.05, 0) is 53.5 Å². The van der Waals surface area contributed by atoms with Crippen molar-refractivity contribution in [3.63, 3.8) is 0 Å². The van der Waals surface area contributed by atoms with Gasteiger partial charge in [-0.1, -0.05) is 12.2 Å². The van der Waals surface area contributed by atoms with E-state index in [1.54, 1.807) is 25.2 Å². The zero-order valence-electron chi connectivity index (χ0n) is 16.8. The van der Waals surface area contributed by atoms with Crippen molar-refractivity contribution in [2.75, 3.05) is 20.3 Å². The molecule has 2 atom stereocenters. The molecule has 2 N–H and O–H groups in total. The average molecular weight is 389 g/mol. The molecule has 0 aliphatic heterocycles. The van der Waals surface area contributed by atoms with Gasteiger partial charge in [0.2, 0.25) is 5.91 Å². The van der Waals surface area contributed by atoms with E-state index in [1.165, 1.54) is 7.11 Å². The van der Waals surface area contributed by atoms with Crippen molar-refractivity contribution in [2.24, 2.45) is 0 Å². The van der Waals surface area contributed by atoms with Crippen LogP contribution in [0, 0.1) is 0 Å². The molecule has 0 heterocycles. The molecule has 1 unspecified atom stereocenters. The van der Waals surface area contributed by atoms with Crippen LogP contribution in [0.25, 0.3) is 0 Å². The summed E-state index contributed by atoms with van der Waals surface area (Å²) in [6.07, 6.45) is 6.07. The number of alkyl halides is 1. The molecule has 0 saturated carbocycles. The Bertz CT molecular complexity index is 523. The summed E-state index contributed by atoms with van der Waals surface area (Å²) < 4.78 is 32.3. The van der Waals surface area contributed by atoms with Crippen LogP contribution >= 0.6 is 0 Å². The van der Waals surface area contributed by atoms with E-state index in [0.29, 0.717) is 25.0 Å². The van der Waals surface area contributed by atoms with Gasteiger partial charge in [-0.15, -0.1) is 11.3 Å². The second-order valence-electron chi connectivity index (χ2n) is 7.25. The molecule has 1 amide bonds. The molecule has 0 aliphatic carbocycles. The van der Waals surface area contributed by atoms with Crippen LogP contribution in [0.5, 0.6) is 0 Å². The van der Waals surface area contributed by atoms with Gasteiger partial charge in [-0.2, -0.15) is 0 Å². The van der Waals surface area contributed by atoms with Gasteiger partial charge in [0.1, 0.15) is 17.2 Å². The number of carbonyl (C=O) groups excluding carboxylic acids is 1. The van der Waals surface area contributed by atoms with Gasteiger partial charge in [0, 0.05) is 23.5 Å². The van der Waals surface area contributed by atoms with Crippen LogP contribution in [0.4, 0.5) is 4.39 Å². The summed E-state index contributed by atoms with van der Waals surface area (Å²) in [4.78, 5) is 12.1. The fourth-order valence-electron chi connectivity index (χ4n) is 1.74. The van der Waals surface area contributed by atoms with E-state index in [1.807, 2.05) is 27.7 Å². The second-order valence-corrected chi connectivity index (χ2v) is 9.22. The van der Waals surface area contributed by atoms with Gasteiger partial charge >= 0.3 is 0 Å². The van der Waals surface area contributed by atoms with Crippen LogP contribution < -0.4 is 10.0 Å². The maximum atomic E-state index is 12.5. The standard InChI is InChI=1S/C19H33FN2O3S/c1-8-19(6,22-26(24)18(3,4)5)12-11-15(2)17(23)21-13-9-10-16(14-20)25-7/h8,10-11,22H,1,9,12-14H2,2-7H3,(H,21,23)/b15-11+,16-10+/t19-,26?/m1/s1. The molecule has 0 radical (unpaired) electrons. The molecule has 0 aromatic carbocycles. The van der Waals surface area contributed by atoms with Crippen LogP contribution in [0.15, 0.2) is 36.1 Å². The van der Waals surface area contributed by atoms with E-state index in [2.05, 4.69) is 16.6 Å². The van der Waals surface area contributed by atoms with Gasteiger partial charge < -0.3 is 14.6 Å². The van der Waals surface area contributed by atoms with Crippen LogP contribution in [-0.2, 0) is 20.9 Å². The first-order valence-electron chi connectivity index (χ1n) is 8.56. The molecule has 0 aromatic heterocycles. The third-order valence-corrected chi connectivity index (χ3v) is 5.48. The van der Waals surface area contributed by atoms with Crippen LogP contribution in [-0.4, -0.2) is 41.1 Å². The minimum atomic E-state index is -1.24. The van der Waals surface area contributed by atoms with Crippen LogP contribution in [0.3, 0.4) is 0 Å². The summed E-state index contributed by atoms with van der Waals surface area (Å²) in [6, 6.07) is 0. The molecule has 0 fully saturated rings. The molecular formula is C19H33FN2O3S. The van der Waals surface area contributed by atoms with Crippen molar-refractivity contribution in [1.29, 1.82) is 0 Å². The maximum Gasteiger partial charge on any atom is 0.246 e. The molecule has 150 valence electrons. The molecule has 0 bridgehead atoms. The van der Waals surface area contributed by atoms with E-state index in [9.17, 15) is 13.7 Å². The van der Waals surface area contributed by atoms with Crippen molar-refractivity contribution in [3.8, 4) is 0 Å². The highest BCUT2D eigenvalue weighted by molar-refractivity contribution is 7.90. The number of amides is 1. The van der Waals surface area contributed by atoms with Gasteiger partial charge in [-0.25, -0.2) is 4.39 Å². The normalized spacial score (nSPS) is 16.6. The van der Waals surface area contributed by atoms with E-state index in [-0.39, 0.29) is 11.7 Å². The molecule has 0 saturated heterocycles. The lowest BCUT2D eigenvalue weighted by Gasteiger charge is -2.32. The van der Waals surface area contributed by atoms with Crippen molar-refractivity contribution in [1.82, 2.24) is 10.0 Å². The molecule has 0 aliphatic rings. The second kappa shape index (κ2) is 11.4. The van der Waals surface area contributed by atoms with Gasteiger partial charge in [0.25, 0.3) is 0 Å². The van der Waals surface area contributed by atoms with Gasteiger partial charge in [0.05, 0.1) is 12.6 Å². The number of hydrogen-bond donors (Lipinski definition) is 2. The van der Waals surface area contributed by atoms with Gasteiger partial charge in [-0.3, -0.25) is 4.79 Å². The lowest BCUT2D eigenvalue weighted by Crippen LogP contribution is -2.50. The minimum absolute atomic E-state index is 0.194.